The molecule has 2 unspecified atom stereocenters. The number of cyclic esters (lactones) is 2. The minimum Gasteiger partial charge on any atom is -0.426 e. The molecule has 0 spiro atoms. The maximum atomic E-state index is 10.4. The Kier molecular flexibility index (Phi) is 1.77. The molecule has 0 saturated carbocycles. The van der Waals surface area contributed by atoms with E-state index in [2.05, 4.69) is 9.47 Å². The van der Waals surface area contributed by atoms with Crippen molar-refractivity contribution in [2.24, 2.45) is 0 Å². The molecule has 0 radical (unpaired) electrons. The predicted octanol–water partition coefficient (Wildman–Crippen LogP) is -0.244. The summed E-state index contributed by atoms with van der Waals surface area (Å²) in [4.78, 5) is 10.3. The molecule has 2 atom stereocenters. The first kappa shape index (κ1) is 8.28. The Balaban J connectivity index is 2.84. The Labute approximate surface area is 62.8 Å². The van der Waals surface area contributed by atoms with Gasteiger partial charge in [-0.2, -0.15) is 8.42 Å². The zero-order valence-corrected chi connectivity index (χ0v) is 6.37. The molecule has 0 bridgehead atoms. The Morgan fingerprint density at radius 2 is 2.00 bits per heavy atom. The molecule has 0 amide bonds. The molecule has 64 valence electrons. The molecule has 0 aromatic heterocycles. The zero-order valence-electron chi connectivity index (χ0n) is 5.55. The Morgan fingerprint density at radius 3 is 2.18 bits per heavy atom. The highest BCUT2D eigenvalue weighted by atomic mass is 32.2. The Hall–Kier alpha value is -0.820. The number of carbonyl (C=O) groups excluding carboxylic acids is 1. The fourth-order valence-electron chi connectivity index (χ4n) is 0.729. The minimum absolute atomic E-state index is 0.961. The van der Waals surface area contributed by atoms with Crippen LogP contribution >= 0.6 is 0 Å². The van der Waals surface area contributed by atoms with Gasteiger partial charge in [-0.15, -0.1) is 0 Å². The molecule has 1 N–H and O–H groups in total. The fraction of sp³-hybridized carbons (Fsp3) is 0.750. The highest BCUT2D eigenvalue weighted by Crippen LogP contribution is 2.18. The fourth-order valence-corrected chi connectivity index (χ4v) is 1.47. The van der Waals surface area contributed by atoms with Crippen LogP contribution in [0.2, 0.25) is 0 Å². The van der Waals surface area contributed by atoms with Crippen LogP contribution in [-0.2, 0) is 19.6 Å². The van der Waals surface area contributed by atoms with Crippen LogP contribution in [0.25, 0.3) is 0 Å². The maximum Gasteiger partial charge on any atom is 0.510 e. The molecule has 7 heteroatoms. The number of ether oxygens (including phenoxy) is 2. The Bertz CT molecular complexity index is 266. The van der Waals surface area contributed by atoms with Crippen LogP contribution in [0.15, 0.2) is 0 Å². The summed E-state index contributed by atoms with van der Waals surface area (Å²) in [6, 6.07) is 0. The topological polar surface area (TPSA) is 89.9 Å². The van der Waals surface area contributed by atoms with Crippen molar-refractivity contribution in [1.82, 2.24) is 0 Å². The van der Waals surface area contributed by atoms with E-state index < -0.39 is 27.8 Å². The van der Waals surface area contributed by atoms with Crippen molar-refractivity contribution in [3.05, 3.63) is 0 Å². The van der Waals surface area contributed by atoms with E-state index >= 15 is 0 Å². The van der Waals surface area contributed by atoms with Gasteiger partial charge < -0.3 is 9.47 Å². The summed E-state index contributed by atoms with van der Waals surface area (Å²) in [7, 11) is -4.35. The van der Waals surface area contributed by atoms with E-state index in [4.69, 9.17) is 4.55 Å². The first-order valence-corrected chi connectivity index (χ1v) is 4.25. The zero-order chi connectivity index (χ0) is 8.65. The molecule has 1 aliphatic heterocycles. The van der Waals surface area contributed by atoms with Crippen LogP contribution in [0.3, 0.4) is 0 Å². The van der Waals surface area contributed by atoms with Gasteiger partial charge in [0.1, 0.15) is 0 Å². The standard InChI is InChI=1S/C4H6O6S/c1-2-3(11(6,7)8)10-4(5)9-2/h2-3H,1H3,(H,6,7,8). The van der Waals surface area contributed by atoms with Crippen LogP contribution in [0.4, 0.5) is 4.79 Å². The number of carbonyl (C=O) groups is 1. The predicted molar refractivity (Wildman–Crippen MR) is 32.4 cm³/mol. The molecule has 1 saturated heterocycles. The van der Waals surface area contributed by atoms with E-state index in [1.807, 2.05) is 0 Å². The van der Waals surface area contributed by atoms with Crippen LogP contribution in [-0.4, -0.2) is 30.7 Å². The number of hydrogen-bond acceptors (Lipinski definition) is 5. The summed E-state index contributed by atoms with van der Waals surface area (Å²) < 4.78 is 37.6. The molecule has 1 aliphatic rings. The van der Waals surface area contributed by atoms with Crippen molar-refractivity contribution in [1.29, 1.82) is 0 Å². The van der Waals surface area contributed by atoms with Gasteiger partial charge in [-0.05, 0) is 6.92 Å². The van der Waals surface area contributed by atoms with Gasteiger partial charge in [-0.25, -0.2) is 4.79 Å². The second-order valence-electron chi connectivity index (χ2n) is 2.07. The Morgan fingerprint density at radius 1 is 1.45 bits per heavy atom. The molecule has 1 heterocycles. The van der Waals surface area contributed by atoms with Gasteiger partial charge in [-0.1, -0.05) is 0 Å². The average molecular weight is 182 g/mol. The summed E-state index contributed by atoms with van der Waals surface area (Å²) in [5.41, 5.74) is -1.59. The van der Waals surface area contributed by atoms with Crippen molar-refractivity contribution in [2.45, 2.75) is 18.5 Å². The smallest absolute Gasteiger partial charge is 0.426 e. The van der Waals surface area contributed by atoms with Gasteiger partial charge in [0, 0.05) is 0 Å². The van der Waals surface area contributed by atoms with Crippen molar-refractivity contribution < 1.29 is 27.2 Å². The molecule has 0 aliphatic carbocycles. The molecule has 1 rings (SSSR count). The van der Waals surface area contributed by atoms with Crippen LogP contribution < -0.4 is 0 Å². The lowest BCUT2D eigenvalue weighted by Gasteiger charge is -2.05. The summed E-state index contributed by atoms with van der Waals surface area (Å²) >= 11 is 0. The lowest BCUT2D eigenvalue weighted by Crippen LogP contribution is -2.28. The average Bonchev–Trinajstić information content (AvgIpc) is 2.08. The van der Waals surface area contributed by atoms with Crippen molar-refractivity contribution >= 4 is 16.3 Å². The lowest BCUT2D eigenvalue weighted by molar-refractivity contribution is 0.120. The quantitative estimate of drug-likeness (QED) is 0.444. The highest BCUT2D eigenvalue weighted by Gasteiger charge is 2.42. The normalized spacial score (nSPS) is 31.3. The van der Waals surface area contributed by atoms with E-state index in [1.54, 1.807) is 0 Å². The van der Waals surface area contributed by atoms with Gasteiger partial charge >= 0.3 is 16.3 Å². The summed E-state index contributed by atoms with van der Waals surface area (Å²) in [6.45, 7) is 1.31. The molecule has 0 aromatic rings. The van der Waals surface area contributed by atoms with E-state index in [9.17, 15) is 13.2 Å². The van der Waals surface area contributed by atoms with Crippen molar-refractivity contribution in [3.8, 4) is 0 Å². The molecular formula is C4H6O6S. The van der Waals surface area contributed by atoms with Crippen molar-refractivity contribution in [2.75, 3.05) is 0 Å². The second kappa shape index (κ2) is 2.35. The van der Waals surface area contributed by atoms with Crippen LogP contribution in [0, 0.1) is 0 Å². The molecular weight excluding hydrogens is 176 g/mol. The lowest BCUT2D eigenvalue weighted by atomic mass is 10.4. The molecule has 6 nitrogen and oxygen atoms in total. The van der Waals surface area contributed by atoms with E-state index in [-0.39, 0.29) is 0 Å². The number of rotatable bonds is 1. The van der Waals surface area contributed by atoms with E-state index in [0.29, 0.717) is 0 Å². The van der Waals surface area contributed by atoms with Crippen LogP contribution in [0.1, 0.15) is 6.92 Å². The van der Waals surface area contributed by atoms with E-state index in [1.165, 1.54) is 6.92 Å². The van der Waals surface area contributed by atoms with Gasteiger partial charge in [-0.3, -0.25) is 4.55 Å². The summed E-state index contributed by atoms with van der Waals surface area (Å²) in [5.74, 6) is 0. The molecule has 0 aromatic carbocycles. The van der Waals surface area contributed by atoms with Gasteiger partial charge in [0.25, 0.3) is 5.44 Å². The third-order valence-electron chi connectivity index (χ3n) is 1.17. The third-order valence-corrected chi connectivity index (χ3v) is 2.24. The van der Waals surface area contributed by atoms with Gasteiger partial charge in [0.15, 0.2) is 6.10 Å². The van der Waals surface area contributed by atoms with E-state index in [0.717, 1.165) is 0 Å². The SMILES string of the molecule is CC1OC(=O)OC1S(=O)(=O)O. The summed E-state index contributed by atoms with van der Waals surface area (Å²) in [6.07, 6.45) is -2.04. The highest BCUT2D eigenvalue weighted by molar-refractivity contribution is 7.86. The first-order valence-electron chi connectivity index (χ1n) is 2.75. The second-order valence-corrected chi connectivity index (χ2v) is 3.57. The maximum absolute atomic E-state index is 10.4. The van der Waals surface area contributed by atoms with Gasteiger partial charge in [0.2, 0.25) is 0 Å². The third kappa shape index (κ3) is 1.60. The van der Waals surface area contributed by atoms with Gasteiger partial charge in [0.05, 0.1) is 0 Å². The molecule has 11 heavy (non-hydrogen) atoms. The molecule has 1 fully saturated rings. The largest absolute Gasteiger partial charge is 0.510 e. The monoisotopic (exact) mass is 182 g/mol. The van der Waals surface area contributed by atoms with Crippen LogP contribution in [0.5, 0.6) is 0 Å². The number of hydrogen-bond donors (Lipinski definition) is 1. The van der Waals surface area contributed by atoms with Crippen molar-refractivity contribution in [3.63, 3.8) is 0 Å². The first-order chi connectivity index (χ1) is 4.91. The summed E-state index contributed by atoms with van der Waals surface area (Å²) in [5, 5.41) is 0. The minimum atomic E-state index is -4.35.